The van der Waals surface area contributed by atoms with Crippen LogP contribution < -0.4 is 14.9 Å². The maximum absolute atomic E-state index is 12.2. The molecule has 27 heavy (non-hydrogen) atoms. The van der Waals surface area contributed by atoms with Crippen molar-refractivity contribution < 1.29 is 22.7 Å². The molecule has 1 fully saturated rings. The second-order valence-corrected chi connectivity index (χ2v) is 7.76. The quantitative estimate of drug-likeness (QED) is 0.814. The fourth-order valence-corrected chi connectivity index (χ4v) is 3.52. The monoisotopic (exact) mass is 389 g/mol. The molecule has 1 saturated heterocycles. The summed E-state index contributed by atoms with van der Waals surface area (Å²) in [5.41, 5.74) is 1.60. The second kappa shape index (κ2) is 7.67. The standard InChI is InChI=1S/C18H19N3O5S/c1-13-7-9-16(10-8-13)27(24,25)20-17(22)19-11-15-12-21(18(23)26-15)14-5-3-2-4-6-14/h2-10,15H,11-12H2,1H3,(H2,19,20,22). The van der Waals surface area contributed by atoms with Gasteiger partial charge in [0.15, 0.2) is 0 Å². The van der Waals surface area contributed by atoms with Crippen LogP contribution in [0, 0.1) is 6.92 Å². The summed E-state index contributed by atoms with van der Waals surface area (Å²) >= 11 is 0. The minimum Gasteiger partial charge on any atom is -0.442 e. The van der Waals surface area contributed by atoms with Gasteiger partial charge in [0.2, 0.25) is 0 Å². The van der Waals surface area contributed by atoms with Crippen molar-refractivity contribution in [2.24, 2.45) is 0 Å². The number of nitrogens with one attached hydrogen (secondary N) is 2. The first-order valence-corrected chi connectivity index (χ1v) is 9.74. The van der Waals surface area contributed by atoms with Gasteiger partial charge < -0.3 is 10.1 Å². The number of hydrogen-bond donors (Lipinski definition) is 2. The molecule has 3 rings (SSSR count). The van der Waals surface area contributed by atoms with E-state index >= 15 is 0 Å². The smallest absolute Gasteiger partial charge is 0.414 e. The number of anilines is 1. The first-order valence-electron chi connectivity index (χ1n) is 8.26. The average molecular weight is 389 g/mol. The van der Waals surface area contributed by atoms with E-state index in [-0.39, 0.29) is 18.0 Å². The maximum Gasteiger partial charge on any atom is 0.414 e. The van der Waals surface area contributed by atoms with Crippen LogP contribution in [0.2, 0.25) is 0 Å². The molecule has 0 aliphatic carbocycles. The number of amides is 3. The zero-order valence-electron chi connectivity index (χ0n) is 14.6. The molecule has 1 aliphatic rings. The number of rotatable bonds is 5. The number of ether oxygens (including phenoxy) is 1. The van der Waals surface area contributed by atoms with E-state index in [4.69, 9.17) is 4.74 Å². The van der Waals surface area contributed by atoms with E-state index in [2.05, 4.69) is 5.32 Å². The van der Waals surface area contributed by atoms with Crippen molar-refractivity contribution in [2.75, 3.05) is 18.0 Å². The molecule has 8 nitrogen and oxygen atoms in total. The van der Waals surface area contributed by atoms with E-state index in [1.54, 1.807) is 36.4 Å². The Morgan fingerprint density at radius 3 is 2.48 bits per heavy atom. The lowest BCUT2D eigenvalue weighted by molar-refractivity contribution is 0.140. The number of aryl methyl sites for hydroxylation is 1. The lowest BCUT2D eigenvalue weighted by atomic mass is 10.2. The molecule has 0 saturated carbocycles. The Labute approximate surface area is 157 Å². The van der Waals surface area contributed by atoms with E-state index in [9.17, 15) is 18.0 Å². The number of carbonyl (C=O) groups is 2. The molecule has 142 valence electrons. The second-order valence-electron chi connectivity index (χ2n) is 6.08. The molecule has 9 heteroatoms. The lowest BCUT2D eigenvalue weighted by Gasteiger charge is -2.13. The van der Waals surface area contributed by atoms with Crippen LogP contribution in [-0.2, 0) is 14.8 Å². The Bertz CT molecular complexity index is 929. The van der Waals surface area contributed by atoms with Crippen molar-refractivity contribution in [3.63, 3.8) is 0 Å². The molecule has 3 amide bonds. The zero-order chi connectivity index (χ0) is 19.4. The van der Waals surface area contributed by atoms with Crippen LogP contribution in [0.15, 0.2) is 59.5 Å². The zero-order valence-corrected chi connectivity index (χ0v) is 15.4. The van der Waals surface area contributed by atoms with Crippen LogP contribution in [0.3, 0.4) is 0 Å². The highest BCUT2D eigenvalue weighted by molar-refractivity contribution is 7.90. The third-order valence-corrected chi connectivity index (χ3v) is 5.34. The van der Waals surface area contributed by atoms with E-state index in [1.807, 2.05) is 17.7 Å². The number of cyclic esters (lactones) is 1. The SMILES string of the molecule is Cc1ccc(S(=O)(=O)NC(=O)NCC2CN(c3ccccc3)C(=O)O2)cc1. The number of sulfonamides is 1. The minimum absolute atomic E-state index is 0.00852. The Morgan fingerprint density at radius 1 is 1.15 bits per heavy atom. The third-order valence-electron chi connectivity index (χ3n) is 3.99. The highest BCUT2D eigenvalue weighted by Crippen LogP contribution is 2.20. The third kappa shape index (κ3) is 4.56. The lowest BCUT2D eigenvalue weighted by Crippen LogP contribution is -2.43. The molecule has 2 aromatic rings. The van der Waals surface area contributed by atoms with E-state index < -0.39 is 28.3 Å². The van der Waals surface area contributed by atoms with Gasteiger partial charge in [0, 0.05) is 5.69 Å². The molecule has 1 heterocycles. The van der Waals surface area contributed by atoms with Gasteiger partial charge in [-0.15, -0.1) is 0 Å². The number of benzene rings is 2. The fraction of sp³-hybridized carbons (Fsp3) is 0.222. The molecular weight excluding hydrogens is 370 g/mol. The molecule has 2 N–H and O–H groups in total. The van der Waals surface area contributed by atoms with Crippen LogP contribution in [0.25, 0.3) is 0 Å². The van der Waals surface area contributed by atoms with Crippen LogP contribution in [0.1, 0.15) is 5.56 Å². The summed E-state index contributed by atoms with van der Waals surface area (Å²) in [6, 6.07) is 14.2. The van der Waals surface area contributed by atoms with Crippen molar-refractivity contribution in [1.29, 1.82) is 0 Å². The highest BCUT2D eigenvalue weighted by Gasteiger charge is 2.32. The van der Waals surface area contributed by atoms with E-state index in [0.717, 1.165) is 5.56 Å². The summed E-state index contributed by atoms with van der Waals surface area (Å²) in [6.45, 7) is 2.08. The summed E-state index contributed by atoms with van der Waals surface area (Å²) in [6.07, 6.45) is -1.09. The fourth-order valence-electron chi connectivity index (χ4n) is 2.59. The molecule has 0 aromatic heterocycles. The van der Waals surface area contributed by atoms with E-state index in [0.29, 0.717) is 5.69 Å². The minimum atomic E-state index is -3.97. The number of nitrogens with zero attached hydrogens (tertiary/aromatic N) is 1. The molecule has 1 unspecified atom stereocenters. The summed E-state index contributed by atoms with van der Waals surface area (Å²) in [5, 5.41) is 2.42. The number of hydrogen-bond acceptors (Lipinski definition) is 5. The van der Waals surface area contributed by atoms with Crippen molar-refractivity contribution in [3.8, 4) is 0 Å². The topological polar surface area (TPSA) is 105 Å². The van der Waals surface area contributed by atoms with Crippen molar-refractivity contribution in [3.05, 3.63) is 60.2 Å². The van der Waals surface area contributed by atoms with E-state index in [1.165, 1.54) is 17.0 Å². The maximum atomic E-state index is 12.2. The first kappa shape index (κ1) is 18.7. The van der Waals surface area contributed by atoms with Gasteiger partial charge in [-0.05, 0) is 31.2 Å². The van der Waals surface area contributed by atoms with Crippen molar-refractivity contribution >= 4 is 27.8 Å². The van der Waals surface area contributed by atoms with Crippen LogP contribution in [0.4, 0.5) is 15.3 Å². The average Bonchev–Trinajstić information content (AvgIpc) is 3.01. The van der Waals surface area contributed by atoms with Gasteiger partial charge in [-0.3, -0.25) is 4.90 Å². The Kier molecular flexibility index (Phi) is 5.31. The highest BCUT2D eigenvalue weighted by atomic mass is 32.2. The predicted octanol–water partition coefficient (Wildman–Crippen LogP) is 2.01. The van der Waals surface area contributed by atoms with Gasteiger partial charge in [-0.2, -0.15) is 0 Å². The summed E-state index contributed by atoms with van der Waals surface area (Å²) in [5.74, 6) is 0. The molecule has 0 radical (unpaired) electrons. The van der Waals surface area contributed by atoms with Gasteiger partial charge in [0.25, 0.3) is 10.0 Å². The normalized spacial score (nSPS) is 16.7. The molecule has 0 spiro atoms. The van der Waals surface area contributed by atoms with Gasteiger partial charge in [-0.25, -0.2) is 22.7 Å². The Morgan fingerprint density at radius 2 is 1.81 bits per heavy atom. The van der Waals surface area contributed by atoms with Gasteiger partial charge in [0.1, 0.15) is 6.10 Å². The van der Waals surface area contributed by atoms with Crippen LogP contribution >= 0.6 is 0 Å². The number of urea groups is 1. The molecular formula is C18H19N3O5S. The molecule has 0 bridgehead atoms. The Hall–Kier alpha value is -3.07. The van der Waals surface area contributed by atoms with Gasteiger partial charge in [-0.1, -0.05) is 35.9 Å². The van der Waals surface area contributed by atoms with Crippen LogP contribution in [-0.4, -0.2) is 39.7 Å². The van der Waals surface area contributed by atoms with Crippen molar-refractivity contribution in [2.45, 2.75) is 17.9 Å². The van der Waals surface area contributed by atoms with Gasteiger partial charge in [0.05, 0.1) is 18.0 Å². The summed E-state index contributed by atoms with van der Waals surface area (Å²) in [4.78, 5) is 25.3. The van der Waals surface area contributed by atoms with Crippen LogP contribution in [0.5, 0.6) is 0 Å². The first-order chi connectivity index (χ1) is 12.8. The number of para-hydroxylation sites is 1. The Balaban J connectivity index is 1.54. The number of carbonyl (C=O) groups excluding carboxylic acids is 2. The summed E-state index contributed by atoms with van der Waals surface area (Å²) < 4.78 is 31.5. The van der Waals surface area contributed by atoms with Gasteiger partial charge >= 0.3 is 12.1 Å². The summed E-state index contributed by atoms with van der Waals surface area (Å²) in [7, 11) is -3.97. The molecule has 1 atom stereocenters. The largest absolute Gasteiger partial charge is 0.442 e. The predicted molar refractivity (Wildman–Crippen MR) is 99.0 cm³/mol. The molecule has 1 aliphatic heterocycles. The molecule has 2 aromatic carbocycles. The van der Waals surface area contributed by atoms with Crippen molar-refractivity contribution in [1.82, 2.24) is 10.0 Å².